The second kappa shape index (κ2) is 5.33. The van der Waals surface area contributed by atoms with Gasteiger partial charge in [-0.1, -0.05) is 6.92 Å². The first-order valence-electron chi connectivity index (χ1n) is 4.94. The minimum absolute atomic E-state index is 0.306. The summed E-state index contributed by atoms with van der Waals surface area (Å²) in [5.41, 5.74) is 0. The van der Waals surface area contributed by atoms with E-state index in [1.165, 1.54) is 7.11 Å². The smallest absolute Gasteiger partial charge is 0.322 e. The second-order valence-electron chi connectivity index (χ2n) is 3.17. The molecule has 0 amide bonds. The van der Waals surface area contributed by atoms with Gasteiger partial charge in [-0.3, -0.25) is 0 Å². The summed E-state index contributed by atoms with van der Waals surface area (Å²) in [6, 6.07) is 0.627. The van der Waals surface area contributed by atoms with Crippen molar-refractivity contribution in [2.24, 2.45) is 0 Å². The molecule has 1 heterocycles. The van der Waals surface area contributed by atoms with Crippen molar-refractivity contribution in [1.29, 1.82) is 0 Å². The number of nitrogens with one attached hydrogen (secondary N) is 2. The predicted octanol–water partition coefficient (Wildman–Crippen LogP) is 1.13. The molecule has 15 heavy (non-hydrogen) atoms. The highest BCUT2D eigenvalue weighted by atomic mass is 16.5. The molecule has 2 N–H and O–H groups in total. The van der Waals surface area contributed by atoms with Crippen LogP contribution >= 0.6 is 0 Å². The van der Waals surface area contributed by atoms with E-state index in [1.54, 1.807) is 7.05 Å². The Morgan fingerprint density at radius 3 is 2.47 bits per heavy atom. The molecular weight excluding hydrogens is 194 g/mol. The summed E-state index contributed by atoms with van der Waals surface area (Å²) in [5, 5.41) is 6.01. The zero-order valence-electron chi connectivity index (χ0n) is 9.53. The molecule has 1 aromatic rings. The standard InChI is InChI=1S/C9H17N5O/c1-5-6(2)11-8-12-7(10-3)13-9(14-8)15-4/h6H,5H2,1-4H3,(H2,10,11,12,13,14). The third kappa shape index (κ3) is 3.23. The average molecular weight is 211 g/mol. The Morgan fingerprint density at radius 2 is 1.93 bits per heavy atom. The number of hydrogen-bond donors (Lipinski definition) is 2. The first-order chi connectivity index (χ1) is 7.19. The van der Waals surface area contributed by atoms with E-state index in [-0.39, 0.29) is 0 Å². The van der Waals surface area contributed by atoms with Gasteiger partial charge in [-0.2, -0.15) is 15.0 Å². The number of methoxy groups -OCH3 is 1. The number of rotatable bonds is 5. The summed E-state index contributed by atoms with van der Waals surface area (Å²) in [5.74, 6) is 1.02. The van der Waals surface area contributed by atoms with Gasteiger partial charge < -0.3 is 15.4 Å². The normalized spacial score (nSPS) is 12.0. The van der Waals surface area contributed by atoms with Crippen LogP contribution in [-0.2, 0) is 0 Å². The van der Waals surface area contributed by atoms with Crippen LogP contribution in [0.15, 0.2) is 0 Å². The SMILES string of the molecule is CCC(C)Nc1nc(NC)nc(OC)n1. The second-order valence-corrected chi connectivity index (χ2v) is 3.17. The topological polar surface area (TPSA) is 72.0 Å². The Morgan fingerprint density at radius 1 is 1.27 bits per heavy atom. The van der Waals surface area contributed by atoms with Crippen LogP contribution < -0.4 is 15.4 Å². The molecule has 0 aliphatic heterocycles. The fourth-order valence-corrected chi connectivity index (χ4v) is 0.947. The summed E-state index contributed by atoms with van der Waals surface area (Å²) in [7, 11) is 3.28. The van der Waals surface area contributed by atoms with Crippen LogP contribution in [-0.4, -0.2) is 35.2 Å². The van der Waals surface area contributed by atoms with Crippen molar-refractivity contribution in [3.63, 3.8) is 0 Å². The van der Waals surface area contributed by atoms with Gasteiger partial charge in [0.1, 0.15) is 0 Å². The van der Waals surface area contributed by atoms with Crippen LogP contribution in [0.4, 0.5) is 11.9 Å². The number of nitrogens with zero attached hydrogens (tertiary/aromatic N) is 3. The maximum atomic E-state index is 4.97. The van der Waals surface area contributed by atoms with Crippen molar-refractivity contribution in [2.45, 2.75) is 26.3 Å². The van der Waals surface area contributed by atoms with Crippen molar-refractivity contribution < 1.29 is 4.74 Å². The molecule has 0 aliphatic rings. The summed E-state index contributed by atoms with van der Waals surface area (Å²) >= 11 is 0. The first kappa shape index (κ1) is 11.5. The van der Waals surface area contributed by atoms with Crippen LogP contribution in [0.2, 0.25) is 0 Å². The lowest BCUT2D eigenvalue weighted by molar-refractivity contribution is 0.379. The van der Waals surface area contributed by atoms with Crippen LogP contribution in [0, 0.1) is 0 Å². The van der Waals surface area contributed by atoms with Gasteiger partial charge in [-0.25, -0.2) is 0 Å². The van der Waals surface area contributed by atoms with Crippen LogP contribution in [0.1, 0.15) is 20.3 Å². The molecule has 6 heteroatoms. The number of aromatic nitrogens is 3. The molecule has 0 aromatic carbocycles. The number of anilines is 2. The highest BCUT2D eigenvalue weighted by Gasteiger charge is 2.07. The van der Waals surface area contributed by atoms with E-state index < -0.39 is 0 Å². The average Bonchev–Trinajstić information content (AvgIpc) is 2.28. The molecule has 0 radical (unpaired) electrons. The highest BCUT2D eigenvalue weighted by Crippen LogP contribution is 2.11. The molecular formula is C9H17N5O. The van der Waals surface area contributed by atoms with Crippen molar-refractivity contribution in [3.8, 4) is 6.01 Å². The summed E-state index contributed by atoms with van der Waals surface area (Å²) in [6.07, 6.45) is 1.00. The van der Waals surface area contributed by atoms with Crippen molar-refractivity contribution in [3.05, 3.63) is 0 Å². The van der Waals surface area contributed by atoms with Crippen molar-refractivity contribution in [2.75, 3.05) is 24.8 Å². The Bertz CT molecular complexity index is 295. The molecule has 1 atom stereocenters. The minimum Gasteiger partial charge on any atom is -0.467 e. The van der Waals surface area contributed by atoms with Gasteiger partial charge in [0.15, 0.2) is 0 Å². The zero-order valence-corrected chi connectivity index (χ0v) is 9.53. The molecule has 84 valence electrons. The van der Waals surface area contributed by atoms with Crippen LogP contribution in [0.3, 0.4) is 0 Å². The third-order valence-electron chi connectivity index (χ3n) is 2.01. The van der Waals surface area contributed by atoms with Gasteiger partial charge in [-0.05, 0) is 13.3 Å². The monoisotopic (exact) mass is 211 g/mol. The molecule has 0 fully saturated rings. The molecule has 0 aliphatic carbocycles. The van der Waals surface area contributed by atoms with E-state index in [9.17, 15) is 0 Å². The van der Waals surface area contributed by atoms with Crippen molar-refractivity contribution in [1.82, 2.24) is 15.0 Å². The van der Waals surface area contributed by atoms with E-state index in [0.717, 1.165) is 6.42 Å². The van der Waals surface area contributed by atoms with E-state index in [1.807, 2.05) is 0 Å². The van der Waals surface area contributed by atoms with Gasteiger partial charge in [0, 0.05) is 13.1 Å². The molecule has 0 saturated heterocycles. The Hall–Kier alpha value is -1.59. The number of hydrogen-bond acceptors (Lipinski definition) is 6. The molecule has 1 aromatic heterocycles. The molecule has 0 spiro atoms. The quantitative estimate of drug-likeness (QED) is 0.760. The Labute approximate surface area is 89.5 Å². The minimum atomic E-state index is 0.306. The van der Waals surface area contributed by atoms with E-state index >= 15 is 0 Å². The number of ether oxygens (including phenoxy) is 1. The molecule has 6 nitrogen and oxygen atoms in total. The van der Waals surface area contributed by atoms with E-state index in [0.29, 0.717) is 23.9 Å². The Balaban J connectivity index is 2.86. The summed E-state index contributed by atoms with van der Waals surface area (Å²) < 4.78 is 4.97. The highest BCUT2D eigenvalue weighted by molar-refractivity contribution is 5.35. The lowest BCUT2D eigenvalue weighted by Crippen LogP contribution is -2.17. The summed E-state index contributed by atoms with van der Waals surface area (Å²) in [4.78, 5) is 12.3. The molecule has 1 unspecified atom stereocenters. The van der Waals surface area contributed by atoms with Gasteiger partial charge in [0.2, 0.25) is 11.9 Å². The maximum absolute atomic E-state index is 4.97. The summed E-state index contributed by atoms with van der Waals surface area (Å²) in [6.45, 7) is 4.16. The lowest BCUT2D eigenvalue weighted by Gasteiger charge is -2.12. The van der Waals surface area contributed by atoms with Crippen molar-refractivity contribution >= 4 is 11.9 Å². The zero-order chi connectivity index (χ0) is 11.3. The maximum Gasteiger partial charge on any atom is 0.322 e. The van der Waals surface area contributed by atoms with Crippen LogP contribution in [0.25, 0.3) is 0 Å². The lowest BCUT2D eigenvalue weighted by atomic mass is 10.3. The Kier molecular flexibility index (Phi) is 4.08. The molecule has 0 saturated carbocycles. The third-order valence-corrected chi connectivity index (χ3v) is 2.01. The van der Waals surface area contributed by atoms with E-state index in [2.05, 4.69) is 39.4 Å². The molecule has 0 bridgehead atoms. The van der Waals surface area contributed by atoms with Gasteiger partial charge >= 0.3 is 6.01 Å². The van der Waals surface area contributed by atoms with Gasteiger partial charge in [0.05, 0.1) is 7.11 Å². The first-order valence-corrected chi connectivity index (χ1v) is 4.94. The van der Waals surface area contributed by atoms with Crippen LogP contribution in [0.5, 0.6) is 6.01 Å². The van der Waals surface area contributed by atoms with Gasteiger partial charge in [0.25, 0.3) is 0 Å². The van der Waals surface area contributed by atoms with E-state index in [4.69, 9.17) is 4.74 Å². The molecule has 1 rings (SSSR count). The fourth-order valence-electron chi connectivity index (χ4n) is 0.947. The fraction of sp³-hybridized carbons (Fsp3) is 0.667. The van der Waals surface area contributed by atoms with Gasteiger partial charge in [-0.15, -0.1) is 0 Å². The largest absolute Gasteiger partial charge is 0.467 e. The predicted molar refractivity (Wildman–Crippen MR) is 59.3 cm³/mol.